The molecule has 21 heavy (non-hydrogen) atoms. The van der Waals surface area contributed by atoms with E-state index < -0.39 is 16.1 Å². The van der Waals surface area contributed by atoms with Crippen LogP contribution in [0.5, 0.6) is 0 Å². The highest BCUT2D eigenvalue weighted by Crippen LogP contribution is 2.34. The second-order valence-electron chi connectivity index (χ2n) is 4.47. The van der Waals surface area contributed by atoms with Crippen molar-refractivity contribution < 1.29 is 17.9 Å². The summed E-state index contributed by atoms with van der Waals surface area (Å²) in [6.07, 6.45) is 0. The van der Waals surface area contributed by atoms with Crippen LogP contribution in [0, 0.1) is 0 Å². The summed E-state index contributed by atoms with van der Waals surface area (Å²) in [6, 6.07) is 0.512. The molecule has 1 N–H and O–H groups in total. The van der Waals surface area contributed by atoms with Gasteiger partial charge in [-0.15, -0.1) is 11.3 Å². The number of ether oxygens (including phenoxy) is 1. The van der Waals surface area contributed by atoms with Crippen molar-refractivity contribution in [1.82, 2.24) is 9.62 Å². The van der Waals surface area contributed by atoms with Gasteiger partial charge in [0.05, 0.1) is 28.1 Å². The van der Waals surface area contributed by atoms with E-state index in [4.69, 9.17) is 16.3 Å². The third-order valence-corrected chi connectivity index (χ3v) is 7.40. The predicted molar refractivity (Wildman–Crippen MR) is 84.2 cm³/mol. The van der Waals surface area contributed by atoms with Gasteiger partial charge in [0.15, 0.2) is 0 Å². The zero-order valence-electron chi connectivity index (χ0n) is 11.1. The molecule has 0 spiro atoms. The van der Waals surface area contributed by atoms with E-state index in [1.54, 1.807) is 4.90 Å². The van der Waals surface area contributed by atoms with E-state index in [0.29, 0.717) is 35.1 Å². The third kappa shape index (κ3) is 4.17. The number of sulfonamides is 1. The van der Waals surface area contributed by atoms with Crippen molar-refractivity contribution in [3.63, 3.8) is 0 Å². The molecule has 1 amide bonds. The molecule has 0 aromatic carbocycles. The van der Waals surface area contributed by atoms with Gasteiger partial charge < -0.3 is 9.64 Å². The lowest BCUT2D eigenvalue weighted by atomic mass is 10.3. The molecule has 1 aromatic heterocycles. The molecule has 1 aromatic rings. The Bertz CT molecular complexity index is 609. The zero-order chi connectivity index (χ0) is 15.6. The van der Waals surface area contributed by atoms with Crippen LogP contribution in [0.2, 0.25) is 5.02 Å². The monoisotopic (exact) mass is 416 g/mol. The first-order valence-corrected chi connectivity index (χ1v) is 9.62. The Balaban J connectivity index is 2.06. The normalized spacial score (nSPS) is 17.8. The maximum Gasteiger partial charge on any atom is 0.250 e. The molecule has 118 valence electrons. The second kappa shape index (κ2) is 6.93. The number of carbonyl (C=O) groups excluding carboxylic acids is 1. The van der Waals surface area contributed by atoms with Crippen LogP contribution in [0.3, 0.4) is 0 Å². The summed E-state index contributed by atoms with van der Waals surface area (Å²) in [5.41, 5.74) is 0. The number of carbonyl (C=O) groups is 1. The SMILES string of the molecule is CC(NS(=O)(=O)c1cc(Cl)c(Br)s1)C(=O)N1CCOCC1. The van der Waals surface area contributed by atoms with E-state index in [1.165, 1.54) is 13.0 Å². The fourth-order valence-corrected chi connectivity index (χ4v) is 5.47. The molecule has 1 atom stereocenters. The van der Waals surface area contributed by atoms with Crippen molar-refractivity contribution in [2.75, 3.05) is 26.3 Å². The summed E-state index contributed by atoms with van der Waals surface area (Å²) >= 11 is 10.0. The summed E-state index contributed by atoms with van der Waals surface area (Å²) in [5, 5.41) is 0.326. The van der Waals surface area contributed by atoms with Crippen molar-refractivity contribution in [3.8, 4) is 0 Å². The topological polar surface area (TPSA) is 75.7 Å². The van der Waals surface area contributed by atoms with Crippen molar-refractivity contribution in [1.29, 1.82) is 0 Å². The number of morpholine rings is 1. The lowest BCUT2D eigenvalue weighted by Gasteiger charge is -2.29. The minimum atomic E-state index is -3.77. The highest BCUT2D eigenvalue weighted by molar-refractivity contribution is 9.11. The van der Waals surface area contributed by atoms with Gasteiger partial charge >= 0.3 is 0 Å². The van der Waals surface area contributed by atoms with Crippen molar-refractivity contribution in [2.24, 2.45) is 0 Å². The molecule has 0 bridgehead atoms. The fraction of sp³-hybridized carbons (Fsp3) is 0.545. The smallest absolute Gasteiger partial charge is 0.250 e. The minimum Gasteiger partial charge on any atom is -0.378 e. The van der Waals surface area contributed by atoms with E-state index in [9.17, 15) is 13.2 Å². The fourth-order valence-electron chi connectivity index (χ4n) is 1.86. The molecule has 0 radical (unpaired) electrons. The van der Waals surface area contributed by atoms with Gasteiger partial charge in [-0.1, -0.05) is 11.6 Å². The summed E-state index contributed by atoms with van der Waals surface area (Å²) in [5.74, 6) is -0.261. The number of thiophene rings is 1. The standard InChI is InChI=1S/C11H14BrClN2O4S2/c1-7(11(16)15-2-4-19-5-3-15)14-21(17,18)9-6-8(13)10(12)20-9/h6-7,14H,2-5H2,1H3. The summed E-state index contributed by atoms with van der Waals surface area (Å²) in [4.78, 5) is 13.8. The van der Waals surface area contributed by atoms with E-state index in [0.717, 1.165) is 11.3 Å². The Kier molecular flexibility index (Phi) is 5.66. The van der Waals surface area contributed by atoms with Crippen LogP contribution in [0.1, 0.15) is 6.92 Å². The van der Waals surface area contributed by atoms with Gasteiger partial charge in [-0.25, -0.2) is 8.42 Å². The largest absolute Gasteiger partial charge is 0.378 e. The molecule has 10 heteroatoms. The Hall–Kier alpha value is -0.190. The average Bonchev–Trinajstić information content (AvgIpc) is 2.79. The molecule has 0 aliphatic carbocycles. The highest BCUT2D eigenvalue weighted by atomic mass is 79.9. The molecule has 1 fully saturated rings. The van der Waals surface area contributed by atoms with Gasteiger partial charge in [0.1, 0.15) is 4.21 Å². The highest BCUT2D eigenvalue weighted by Gasteiger charge is 2.28. The average molecular weight is 418 g/mol. The van der Waals surface area contributed by atoms with E-state index in [1.807, 2.05) is 0 Å². The van der Waals surface area contributed by atoms with Crippen LogP contribution in [0.15, 0.2) is 14.1 Å². The lowest BCUT2D eigenvalue weighted by Crippen LogP contribution is -2.50. The molecule has 2 heterocycles. The van der Waals surface area contributed by atoms with Crippen LogP contribution in [-0.4, -0.2) is 51.6 Å². The first-order chi connectivity index (χ1) is 9.81. The quantitative estimate of drug-likeness (QED) is 0.809. The first-order valence-electron chi connectivity index (χ1n) is 6.15. The number of halogens is 2. The van der Waals surface area contributed by atoms with E-state index >= 15 is 0 Å². The molecular formula is C11H14BrClN2O4S2. The maximum atomic E-state index is 12.2. The first kappa shape index (κ1) is 17.2. The van der Waals surface area contributed by atoms with Crippen molar-refractivity contribution in [2.45, 2.75) is 17.2 Å². The van der Waals surface area contributed by atoms with Gasteiger partial charge in [-0.2, -0.15) is 4.72 Å². The second-order valence-corrected chi connectivity index (χ2v) is 9.19. The van der Waals surface area contributed by atoms with Gasteiger partial charge in [0, 0.05) is 13.1 Å². The predicted octanol–water partition coefficient (Wildman–Crippen LogP) is 1.69. The van der Waals surface area contributed by atoms with Gasteiger partial charge in [-0.3, -0.25) is 4.79 Å². The maximum absolute atomic E-state index is 12.2. The Morgan fingerprint density at radius 2 is 2.14 bits per heavy atom. The number of rotatable bonds is 4. The van der Waals surface area contributed by atoms with Crippen LogP contribution in [0.25, 0.3) is 0 Å². The molecular weight excluding hydrogens is 404 g/mol. The van der Waals surface area contributed by atoms with Crippen LogP contribution in [-0.2, 0) is 19.6 Å². The molecule has 0 saturated carbocycles. The summed E-state index contributed by atoms with van der Waals surface area (Å²) in [7, 11) is -3.77. The Morgan fingerprint density at radius 1 is 1.52 bits per heavy atom. The number of hydrogen-bond donors (Lipinski definition) is 1. The van der Waals surface area contributed by atoms with Crippen molar-refractivity contribution >= 4 is 54.8 Å². The van der Waals surface area contributed by atoms with Crippen molar-refractivity contribution in [3.05, 3.63) is 14.9 Å². The molecule has 2 rings (SSSR count). The summed E-state index contributed by atoms with van der Waals surface area (Å²) in [6.45, 7) is 3.42. The lowest BCUT2D eigenvalue weighted by molar-refractivity contribution is -0.136. The molecule has 1 saturated heterocycles. The van der Waals surface area contributed by atoms with E-state index in [2.05, 4.69) is 20.7 Å². The summed E-state index contributed by atoms with van der Waals surface area (Å²) < 4.78 is 32.6. The number of hydrogen-bond acceptors (Lipinski definition) is 5. The van der Waals surface area contributed by atoms with Crippen LogP contribution >= 0.6 is 38.9 Å². The molecule has 1 aliphatic heterocycles. The Labute approximate surface area is 140 Å². The minimum absolute atomic E-state index is 0.0704. The molecule has 1 aliphatic rings. The number of nitrogens with one attached hydrogen (secondary N) is 1. The van der Waals surface area contributed by atoms with Crippen LogP contribution < -0.4 is 4.72 Å². The number of amides is 1. The molecule has 1 unspecified atom stereocenters. The van der Waals surface area contributed by atoms with Gasteiger partial charge in [0.25, 0.3) is 10.0 Å². The van der Waals surface area contributed by atoms with Crippen LogP contribution in [0.4, 0.5) is 0 Å². The Morgan fingerprint density at radius 3 is 2.67 bits per heavy atom. The van der Waals surface area contributed by atoms with Gasteiger partial charge in [-0.05, 0) is 28.9 Å². The zero-order valence-corrected chi connectivity index (χ0v) is 15.1. The van der Waals surface area contributed by atoms with Gasteiger partial charge in [0.2, 0.25) is 5.91 Å². The van der Waals surface area contributed by atoms with E-state index in [-0.39, 0.29) is 10.1 Å². The third-order valence-electron chi connectivity index (χ3n) is 2.91. The molecule has 6 nitrogen and oxygen atoms in total. The number of nitrogens with zero attached hydrogens (tertiary/aromatic N) is 1.